The number of amides is 1. The van der Waals surface area contributed by atoms with Gasteiger partial charge < -0.3 is 10.0 Å². The van der Waals surface area contributed by atoms with E-state index in [0.717, 1.165) is 28.3 Å². The molecule has 1 aliphatic heterocycles. The summed E-state index contributed by atoms with van der Waals surface area (Å²) in [5.41, 5.74) is 5.68. The molecule has 0 saturated carbocycles. The summed E-state index contributed by atoms with van der Waals surface area (Å²) in [6.07, 6.45) is 0.126. The van der Waals surface area contributed by atoms with Crippen LogP contribution in [0, 0.1) is 26.7 Å². The molecule has 0 radical (unpaired) electrons. The van der Waals surface area contributed by atoms with Crippen LogP contribution in [-0.2, 0) is 13.0 Å². The maximum atomic E-state index is 13.0. The van der Waals surface area contributed by atoms with Crippen LogP contribution in [0.25, 0.3) is 0 Å². The number of hydrogen-bond acceptors (Lipinski definition) is 4. The molecule has 2 N–H and O–H groups in total. The topological polar surface area (TPSA) is 87.0 Å². The van der Waals surface area contributed by atoms with E-state index in [-0.39, 0.29) is 11.8 Å². The number of benzene rings is 1. The number of aromatic amines is 1. The van der Waals surface area contributed by atoms with E-state index in [1.165, 1.54) is 0 Å². The maximum Gasteiger partial charge on any atom is 0.253 e. The first kappa shape index (κ1) is 19.4. The lowest BCUT2D eigenvalue weighted by Gasteiger charge is -2.16. The molecule has 0 unspecified atom stereocenters. The summed E-state index contributed by atoms with van der Waals surface area (Å²) < 4.78 is 1.94. The number of aliphatic hydroxyl groups excluding tert-OH is 1. The molecule has 3 aromatic rings. The average molecular weight is 393 g/mol. The third-order valence-electron chi connectivity index (χ3n) is 5.53. The predicted molar refractivity (Wildman–Crippen MR) is 110 cm³/mol. The summed E-state index contributed by atoms with van der Waals surface area (Å²) in [5, 5.41) is 22.1. The number of likely N-dealkylation sites (tertiary alicyclic amines) is 1. The molecule has 152 valence electrons. The molecule has 0 spiro atoms. The SMILES string of the molecule is Cc1cc(C)n(Cc2cccc(C(=O)N3C[C@@H](Cc4cc(C)[nH]n4)[C@@H](O)C3)c2)n1. The lowest BCUT2D eigenvalue weighted by Crippen LogP contribution is -2.29. The Labute approximate surface area is 170 Å². The van der Waals surface area contributed by atoms with E-state index in [2.05, 4.69) is 15.3 Å². The van der Waals surface area contributed by atoms with Gasteiger partial charge in [-0.2, -0.15) is 10.2 Å². The van der Waals surface area contributed by atoms with Crippen molar-refractivity contribution in [3.8, 4) is 0 Å². The van der Waals surface area contributed by atoms with Crippen molar-refractivity contribution in [2.75, 3.05) is 13.1 Å². The summed E-state index contributed by atoms with van der Waals surface area (Å²) in [7, 11) is 0. The van der Waals surface area contributed by atoms with E-state index in [1.54, 1.807) is 4.90 Å². The second-order valence-corrected chi connectivity index (χ2v) is 8.07. The van der Waals surface area contributed by atoms with E-state index in [0.29, 0.717) is 31.6 Å². The van der Waals surface area contributed by atoms with E-state index in [9.17, 15) is 9.90 Å². The van der Waals surface area contributed by atoms with Crippen LogP contribution in [0.2, 0.25) is 0 Å². The van der Waals surface area contributed by atoms with Crippen LogP contribution in [0.1, 0.15) is 38.7 Å². The van der Waals surface area contributed by atoms with E-state index in [1.807, 2.05) is 61.9 Å². The number of carbonyl (C=O) groups excluding carboxylic acids is 1. The molecule has 2 atom stereocenters. The highest BCUT2D eigenvalue weighted by atomic mass is 16.3. The van der Waals surface area contributed by atoms with Crippen LogP contribution in [0.15, 0.2) is 36.4 Å². The lowest BCUT2D eigenvalue weighted by atomic mass is 10.00. The molecule has 1 amide bonds. The quantitative estimate of drug-likeness (QED) is 0.696. The molecule has 4 rings (SSSR count). The van der Waals surface area contributed by atoms with Crippen molar-refractivity contribution in [3.05, 3.63) is 70.3 Å². The van der Waals surface area contributed by atoms with Gasteiger partial charge in [-0.25, -0.2) is 0 Å². The maximum absolute atomic E-state index is 13.0. The van der Waals surface area contributed by atoms with Crippen molar-refractivity contribution in [1.82, 2.24) is 24.9 Å². The van der Waals surface area contributed by atoms with Crippen molar-refractivity contribution in [3.63, 3.8) is 0 Å². The summed E-state index contributed by atoms with van der Waals surface area (Å²) in [4.78, 5) is 14.8. The number of aromatic nitrogens is 4. The Morgan fingerprint density at radius 2 is 2.03 bits per heavy atom. The first-order valence-corrected chi connectivity index (χ1v) is 9.97. The van der Waals surface area contributed by atoms with Gasteiger partial charge in [-0.3, -0.25) is 14.6 Å². The van der Waals surface area contributed by atoms with E-state index in [4.69, 9.17) is 0 Å². The molecule has 7 heteroatoms. The molecular weight excluding hydrogens is 366 g/mol. The van der Waals surface area contributed by atoms with Crippen LogP contribution in [-0.4, -0.2) is 55.1 Å². The molecule has 7 nitrogen and oxygen atoms in total. The van der Waals surface area contributed by atoms with Crippen molar-refractivity contribution < 1.29 is 9.90 Å². The van der Waals surface area contributed by atoms with E-state index < -0.39 is 6.10 Å². The minimum atomic E-state index is -0.533. The first-order valence-electron chi connectivity index (χ1n) is 9.97. The fraction of sp³-hybridized carbons (Fsp3) is 0.409. The van der Waals surface area contributed by atoms with Gasteiger partial charge in [0.2, 0.25) is 0 Å². The molecule has 2 aromatic heterocycles. The van der Waals surface area contributed by atoms with Gasteiger partial charge in [-0.05, 0) is 57.0 Å². The van der Waals surface area contributed by atoms with Gasteiger partial charge in [0.05, 0.1) is 24.0 Å². The molecule has 3 heterocycles. The third kappa shape index (κ3) is 4.24. The number of carbonyl (C=O) groups is 1. The number of β-amino-alcohol motifs (C(OH)–C–C–N with tert-alkyl or cyclic N) is 1. The van der Waals surface area contributed by atoms with Gasteiger partial charge in [0.15, 0.2) is 0 Å². The number of aliphatic hydroxyl groups is 1. The Kier molecular flexibility index (Phi) is 5.24. The van der Waals surface area contributed by atoms with Crippen molar-refractivity contribution in [1.29, 1.82) is 0 Å². The number of aryl methyl sites for hydroxylation is 3. The molecule has 1 aromatic carbocycles. The fourth-order valence-corrected chi connectivity index (χ4v) is 4.06. The first-order chi connectivity index (χ1) is 13.9. The highest BCUT2D eigenvalue weighted by Crippen LogP contribution is 2.23. The van der Waals surface area contributed by atoms with E-state index >= 15 is 0 Å². The Morgan fingerprint density at radius 3 is 2.72 bits per heavy atom. The third-order valence-corrected chi connectivity index (χ3v) is 5.53. The van der Waals surface area contributed by atoms with Gasteiger partial charge in [0.1, 0.15) is 0 Å². The highest BCUT2D eigenvalue weighted by molar-refractivity contribution is 5.94. The summed E-state index contributed by atoms with van der Waals surface area (Å²) in [5.74, 6) is -0.0421. The number of H-pyrrole nitrogens is 1. The summed E-state index contributed by atoms with van der Waals surface area (Å²) >= 11 is 0. The molecular formula is C22H27N5O2. The molecule has 1 fully saturated rings. The molecule has 0 bridgehead atoms. The molecule has 1 saturated heterocycles. The average Bonchev–Trinajstić information content (AvgIpc) is 3.35. The number of hydrogen-bond donors (Lipinski definition) is 2. The van der Waals surface area contributed by atoms with Crippen LogP contribution in [0.4, 0.5) is 0 Å². The minimum absolute atomic E-state index is 0.000434. The summed E-state index contributed by atoms with van der Waals surface area (Å²) in [6, 6.07) is 11.7. The zero-order valence-electron chi connectivity index (χ0n) is 17.1. The Hall–Kier alpha value is -2.93. The Balaban J connectivity index is 1.44. The van der Waals surface area contributed by atoms with Gasteiger partial charge in [-0.1, -0.05) is 12.1 Å². The minimum Gasteiger partial charge on any atom is -0.391 e. The van der Waals surface area contributed by atoms with Crippen molar-refractivity contribution >= 4 is 5.91 Å². The molecule has 29 heavy (non-hydrogen) atoms. The monoisotopic (exact) mass is 393 g/mol. The largest absolute Gasteiger partial charge is 0.391 e. The fourth-order valence-electron chi connectivity index (χ4n) is 4.06. The van der Waals surface area contributed by atoms with Gasteiger partial charge in [-0.15, -0.1) is 0 Å². The van der Waals surface area contributed by atoms with Gasteiger partial charge in [0, 0.05) is 36.0 Å². The van der Waals surface area contributed by atoms with Crippen molar-refractivity contribution in [2.45, 2.75) is 39.8 Å². The second kappa shape index (κ2) is 7.83. The smallest absolute Gasteiger partial charge is 0.253 e. The zero-order valence-corrected chi connectivity index (χ0v) is 17.1. The Bertz CT molecular complexity index is 1020. The predicted octanol–water partition coefficient (Wildman–Crippen LogP) is 2.26. The number of nitrogens with zero attached hydrogens (tertiary/aromatic N) is 4. The molecule has 1 aliphatic rings. The van der Waals surface area contributed by atoms with Crippen LogP contribution >= 0.6 is 0 Å². The zero-order chi connectivity index (χ0) is 20.5. The van der Waals surface area contributed by atoms with Crippen LogP contribution < -0.4 is 0 Å². The summed E-state index contributed by atoms with van der Waals surface area (Å²) in [6.45, 7) is 7.48. The van der Waals surface area contributed by atoms with Crippen LogP contribution in [0.3, 0.4) is 0 Å². The molecule has 0 aliphatic carbocycles. The second-order valence-electron chi connectivity index (χ2n) is 8.07. The van der Waals surface area contributed by atoms with Gasteiger partial charge >= 0.3 is 0 Å². The highest BCUT2D eigenvalue weighted by Gasteiger charge is 2.34. The van der Waals surface area contributed by atoms with Crippen LogP contribution in [0.5, 0.6) is 0 Å². The standard InChI is InChI=1S/C22H27N5O2/c1-14-8-20(24-23-14)10-19-12-26(13-21(19)28)22(29)18-6-4-5-17(9-18)11-27-16(3)7-15(2)25-27/h4-9,19,21,28H,10-13H2,1-3H3,(H,23,24)/t19-,21+/m1/s1. The number of nitrogens with one attached hydrogen (secondary N) is 1. The van der Waals surface area contributed by atoms with Gasteiger partial charge in [0.25, 0.3) is 5.91 Å². The van der Waals surface area contributed by atoms with Crippen molar-refractivity contribution in [2.24, 2.45) is 5.92 Å². The Morgan fingerprint density at radius 1 is 1.21 bits per heavy atom. The number of rotatable bonds is 5. The normalized spacial score (nSPS) is 19.1. The lowest BCUT2D eigenvalue weighted by molar-refractivity contribution is 0.0764.